The molecule has 0 amide bonds. The number of pyridine rings is 2. The summed E-state index contributed by atoms with van der Waals surface area (Å²) in [5.74, 6) is 1.88. The maximum atomic E-state index is 12.9. The molecule has 176 valence electrons. The van der Waals surface area contributed by atoms with Crippen molar-refractivity contribution in [2.45, 2.75) is 19.9 Å². The van der Waals surface area contributed by atoms with E-state index in [1.807, 2.05) is 69.6 Å². The minimum Gasteiger partial charge on any atom is -0.457 e. The highest BCUT2D eigenvalue weighted by Gasteiger charge is 2.12. The lowest BCUT2D eigenvalue weighted by molar-refractivity contribution is 0.483. The Morgan fingerprint density at radius 1 is 0.943 bits per heavy atom. The van der Waals surface area contributed by atoms with Crippen LogP contribution in [-0.4, -0.2) is 35.3 Å². The zero-order valence-corrected chi connectivity index (χ0v) is 19.9. The number of nitrogens with zero attached hydrogens (tertiary/aromatic N) is 6. The van der Waals surface area contributed by atoms with Crippen LogP contribution in [0.5, 0.6) is 11.5 Å². The fraction of sp³-hybridized carbons (Fsp3) is 0.192. The monoisotopic (exact) mass is 467 g/mol. The quantitative estimate of drug-likeness (QED) is 0.395. The fourth-order valence-corrected chi connectivity index (χ4v) is 3.75. The molecule has 0 fully saturated rings. The van der Waals surface area contributed by atoms with E-state index in [9.17, 15) is 4.79 Å². The van der Waals surface area contributed by atoms with Crippen LogP contribution in [0, 0.1) is 0 Å². The lowest BCUT2D eigenvalue weighted by Gasteiger charge is -2.13. The van der Waals surface area contributed by atoms with Gasteiger partial charge < -0.3 is 10.1 Å². The molecule has 0 radical (unpaired) electrons. The Morgan fingerprint density at radius 2 is 1.77 bits per heavy atom. The van der Waals surface area contributed by atoms with Crippen molar-refractivity contribution in [3.63, 3.8) is 0 Å². The molecule has 0 saturated heterocycles. The molecule has 1 aromatic carbocycles. The number of aromatic nitrogens is 6. The minimum atomic E-state index is -0.155. The van der Waals surface area contributed by atoms with Crippen LogP contribution in [0.15, 0.2) is 72.0 Å². The first-order valence-electron chi connectivity index (χ1n) is 11.2. The molecular weight excluding hydrogens is 442 g/mol. The number of nitrogens with one attached hydrogen (secondary N) is 1. The molecule has 0 atom stereocenters. The molecule has 35 heavy (non-hydrogen) atoms. The average Bonchev–Trinajstić information content (AvgIpc) is 3.28. The highest BCUT2D eigenvalue weighted by atomic mass is 16.5. The number of hydrogen-bond donors (Lipinski definition) is 1. The lowest BCUT2D eigenvalue weighted by atomic mass is 10.1. The third-order valence-electron chi connectivity index (χ3n) is 5.49. The van der Waals surface area contributed by atoms with E-state index in [1.165, 1.54) is 4.57 Å². The maximum Gasteiger partial charge on any atom is 0.264 e. The summed E-state index contributed by atoms with van der Waals surface area (Å²) >= 11 is 0. The van der Waals surface area contributed by atoms with E-state index in [1.54, 1.807) is 30.3 Å². The highest BCUT2D eigenvalue weighted by molar-refractivity contribution is 5.83. The number of aryl methyl sites for hydroxylation is 1. The van der Waals surface area contributed by atoms with Gasteiger partial charge in [0.05, 0.1) is 28.7 Å². The highest BCUT2D eigenvalue weighted by Crippen LogP contribution is 2.28. The van der Waals surface area contributed by atoms with Gasteiger partial charge in [-0.3, -0.25) is 19.0 Å². The molecule has 0 aliphatic rings. The van der Waals surface area contributed by atoms with Crippen molar-refractivity contribution in [3.8, 4) is 34.0 Å². The molecule has 4 heterocycles. The number of rotatable bonds is 6. The van der Waals surface area contributed by atoms with E-state index in [-0.39, 0.29) is 11.6 Å². The molecule has 0 bridgehead atoms. The molecule has 0 saturated carbocycles. The van der Waals surface area contributed by atoms with Crippen LogP contribution in [0.2, 0.25) is 0 Å². The second-order valence-corrected chi connectivity index (χ2v) is 8.59. The summed E-state index contributed by atoms with van der Waals surface area (Å²) in [7, 11) is 3.57. The Kier molecular flexibility index (Phi) is 5.74. The first-order chi connectivity index (χ1) is 16.9. The lowest BCUT2D eigenvalue weighted by Crippen LogP contribution is -2.25. The van der Waals surface area contributed by atoms with E-state index >= 15 is 0 Å². The third-order valence-corrected chi connectivity index (χ3v) is 5.49. The number of ether oxygens (including phenoxy) is 1. The predicted octanol–water partition coefficient (Wildman–Crippen LogP) is 4.40. The number of hydrogen-bond acceptors (Lipinski definition) is 7. The van der Waals surface area contributed by atoms with Crippen molar-refractivity contribution in [1.29, 1.82) is 0 Å². The second-order valence-electron chi connectivity index (χ2n) is 8.59. The molecule has 5 aromatic rings. The molecule has 5 rings (SSSR count). The van der Waals surface area contributed by atoms with Gasteiger partial charge in [-0.25, -0.2) is 9.97 Å². The summed E-state index contributed by atoms with van der Waals surface area (Å²) in [4.78, 5) is 26.4. The Bertz CT molecular complexity index is 1590. The van der Waals surface area contributed by atoms with Crippen molar-refractivity contribution in [2.24, 2.45) is 14.1 Å². The van der Waals surface area contributed by atoms with E-state index in [4.69, 9.17) is 9.72 Å². The van der Waals surface area contributed by atoms with Gasteiger partial charge in [0.15, 0.2) is 0 Å². The minimum absolute atomic E-state index is 0.155. The Hall–Kier alpha value is -4.53. The SMILES string of the molecule is CC(C)Nc1ncc(-c2ccc3cc(Oc4ccnc(-c5cnn(C)c5)c4)ccc3n2)c(=O)n1C. The maximum absolute atomic E-state index is 12.9. The molecule has 9 heteroatoms. The molecule has 4 aromatic heterocycles. The average molecular weight is 468 g/mol. The van der Waals surface area contributed by atoms with Crippen LogP contribution in [0.25, 0.3) is 33.4 Å². The van der Waals surface area contributed by atoms with Crippen LogP contribution >= 0.6 is 0 Å². The molecule has 0 spiro atoms. The van der Waals surface area contributed by atoms with E-state index in [2.05, 4.69) is 20.4 Å². The van der Waals surface area contributed by atoms with Gasteiger partial charge in [0.2, 0.25) is 5.95 Å². The van der Waals surface area contributed by atoms with Gasteiger partial charge >= 0.3 is 0 Å². The van der Waals surface area contributed by atoms with Gasteiger partial charge in [-0.2, -0.15) is 5.10 Å². The predicted molar refractivity (Wildman–Crippen MR) is 135 cm³/mol. The molecule has 0 aliphatic heterocycles. The van der Waals surface area contributed by atoms with E-state index in [0.717, 1.165) is 22.2 Å². The largest absolute Gasteiger partial charge is 0.457 e. The Labute approximate surface area is 202 Å². The molecular formula is C26H25N7O2. The van der Waals surface area contributed by atoms with Crippen LogP contribution in [0.3, 0.4) is 0 Å². The van der Waals surface area contributed by atoms with Crippen LogP contribution < -0.4 is 15.6 Å². The van der Waals surface area contributed by atoms with Gasteiger partial charge in [0, 0.05) is 55.7 Å². The fourth-order valence-electron chi connectivity index (χ4n) is 3.75. The first-order valence-corrected chi connectivity index (χ1v) is 11.2. The van der Waals surface area contributed by atoms with Crippen LogP contribution in [0.4, 0.5) is 5.95 Å². The van der Waals surface area contributed by atoms with Gasteiger partial charge in [-0.05, 0) is 44.2 Å². The normalized spacial score (nSPS) is 11.2. The topological polar surface area (TPSA) is 99.8 Å². The molecule has 1 N–H and O–H groups in total. The summed E-state index contributed by atoms with van der Waals surface area (Å²) in [5, 5.41) is 8.27. The Balaban J connectivity index is 1.41. The van der Waals surface area contributed by atoms with Gasteiger partial charge in [0.1, 0.15) is 11.5 Å². The van der Waals surface area contributed by atoms with Crippen molar-refractivity contribution in [2.75, 3.05) is 5.32 Å². The van der Waals surface area contributed by atoms with Crippen LogP contribution in [-0.2, 0) is 14.1 Å². The van der Waals surface area contributed by atoms with Crippen molar-refractivity contribution in [1.82, 2.24) is 29.3 Å². The molecule has 9 nitrogen and oxygen atoms in total. The number of fused-ring (bicyclic) bond motifs is 1. The number of anilines is 1. The van der Waals surface area contributed by atoms with Gasteiger partial charge in [-0.1, -0.05) is 6.07 Å². The summed E-state index contributed by atoms with van der Waals surface area (Å²) in [6, 6.07) is 13.3. The zero-order valence-electron chi connectivity index (χ0n) is 19.9. The van der Waals surface area contributed by atoms with E-state index < -0.39 is 0 Å². The zero-order chi connectivity index (χ0) is 24.5. The summed E-state index contributed by atoms with van der Waals surface area (Å²) in [6.45, 7) is 3.99. The summed E-state index contributed by atoms with van der Waals surface area (Å²) in [6.07, 6.45) is 6.95. The van der Waals surface area contributed by atoms with Gasteiger partial charge in [0.25, 0.3) is 5.56 Å². The standard InChI is InChI=1S/C26H25N7O2/c1-16(2)30-26-28-14-21(25(34)33(26)4)23-7-5-17-11-19(6-8-22(17)31-23)35-20-9-10-27-24(12-20)18-13-29-32(3)15-18/h5-16H,1-4H3,(H,28,30). The van der Waals surface area contributed by atoms with Crippen molar-refractivity contribution < 1.29 is 4.74 Å². The molecule has 0 unspecified atom stereocenters. The van der Waals surface area contributed by atoms with Gasteiger partial charge in [-0.15, -0.1) is 0 Å². The molecule has 0 aliphatic carbocycles. The number of benzene rings is 1. The van der Waals surface area contributed by atoms with E-state index in [0.29, 0.717) is 28.7 Å². The van der Waals surface area contributed by atoms with Crippen LogP contribution in [0.1, 0.15) is 13.8 Å². The Morgan fingerprint density at radius 3 is 2.54 bits per heavy atom. The summed E-state index contributed by atoms with van der Waals surface area (Å²) < 4.78 is 9.33. The summed E-state index contributed by atoms with van der Waals surface area (Å²) in [5.41, 5.74) is 3.33. The third kappa shape index (κ3) is 4.61. The second kappa shape index (κ2) is 9.02. The van der Waals surface area contributed by atoms with Crippen molar-refractivity contribution >= 4 is 16.9 Å². The van der Waals surface area contributed by atoms with Crippen molar-refractivity contribution in [3.05, 3.63) is 77.6 Å². The first kappa shape index (κ1) is 22.3. The smallest absolute Gasteiger partial charge is 0.264 e.